The fourth-order valence-electron chi connectivity index (χ4n) is 4.04. The van der Waals surface area contributed by atoms with Crippen molar-refractivity contribution in [3.05, 3.63) is 0 Å². The summed E-state index contributed by atoms with van der Waals surface area (Å²) < 4.78 is 0. The third kappa shape index (κ3) is 3.30. The highest BCUT2D eigenvalue weighted by Crippen LogP contribution is 2.35. The Balaban J connectivity index is 0.00000192. The van der Waals surface area contributed by atoms with Crippen LogP contribution in [0.25, 0.3) is 0 Å². The summed E-state index contributed by atoms with van der Waals surface area (Å²) in [5.41, 5.74) is 4.96. The van der Waals surface area contributed by atoms with Crippen LogP contribution in [0.4, 0.5) is 4.79 Å². The molecule has 1 aliphatic heterocycles. The Hall–Kier alpha value is -1.34. The maximum absolute atomic E-state index is 12.5. The quantitative estimate of drug-likeness (QED) is 0.646. The zero-order chi connectivity index (χ0) is 15.7. The second kappa shape index (κ2) is 7.05. The van der Waals surface area contributed by atoms with E-state index < -0.39 is 11.6 Å². The minimum atomic E-state index is -0.746. The van der Waals surface area contributed by atoms with Crippen molar-refractivity contribution >= 4 is 30.3 Å². The van der Waals surface area contributed by atoms with Gasteiger partial charge in [0.2, 0.25) is 5.91 Å². The fourth-order valence-corrected chi connectivity index (χ4v) is 4.04. The second-order valence-corrected chi connectivity index (χ2v) is 6.71. The molecule has 3 fully saturated rings. The van der Waals surface area contributed by atoms with Crippen molar-refractivity contribution in [2.75, 3.05) is 13.1 Å². The summed E-state index contributed by atoms with van der Waals surface area (Å²) in [5, 5.41) is 5.72. The molecule has 7 nitrogen and oxygen atoms in total. The first-order valence-electron chi connectivity index (χ1n) is 8.19. The largest absolute Gasteiger partial charge is 0.351 e. The number of nitrogens with two attached hydrogens (primary N) is 1. The summed E-state index contributed by atoms with van der Waals surface area (Å²) in [5.74, 6) is -0.218. The van der Waals surface area contributed by atoms with Crippen LogP contribution in [0.3, 0.4) is 0 Å². The molecule has 1 spiro atoms. The van der Waals surface area contributed by atoms with Gasteiger partial charge in [-0.25, -0.2) is 4.79 Å². The predicted octanol–water partition coefficient (Wildman–Crippen LogP) is 0.516. The minimum Gasteiger partial charge on any atom is -0.351 e. The molecule has 2 unspecified atom stereocenters. The summed E-state index contributed by atoms with van der Waals surface area (Å²) >= 11 is 0. The molecule has 8 heteroatoms. The van der Waals surface area contributed by atoms with Crippen LogP contribution in [0.1, 0.15) is 44.9 Å². The number of hydrogen-bond donors (Lipinski definition) is 3. The molecule has 4 N–H and O–H groups in total. The number of rotatable bonds is 4. The Morgan fingerprint density at radius 1 is 1.26 bits per heavy atom. The Labute approximate surface area is 142 Å². The number of urea groups is 1. The molecule has 23 heavy (non-hydrogen) atoms. The van der Waals surface area contributed by atoms with Gasteiger partial charge in [0, 0.05) is 6.04 Å². The molecule has 3 rings (SSSR count). The maximum Gasteiger partial charge on any atom is 0.325 e. The molecule has 3 aliphatic rings. The van der Waals surface area contributed by atoms with Crippen LogP contribution < -0.4 is 16.4 Å². The lowest BCUT2D eigenvalue weighted by Crippen LogP contribution is -2.47. The van der Waals surface area contributed by atoms with Crippen molar-refractivity contribution in [1.29, 1.82) is 0 Å². The first-order valence-corrected chi connectivity index (χ1v) is 8.19. The average molecular weight is 345 g/mol. The first kappa shape index (κ1) is 18.0. The van der Waals surface area contributed by atoms with Crippen molar-refractivity contribution in [3.63, 3.8) is 0 Å². The Morgan fingerprint density at radius 2 is 1.96 bits per heavy atom. The minimum absolute atomic E-state index is 0. The van der Waals surface area contributed by atoms with Gasteiger partial charge >= 0.3 is 6.03 Å². The monoisotopic (exact) mass is 344 g/mol. The smallest absolute Gasteiger partial charge is 0.325 e. The molecule has 2 saturated carbocycles. The number of nitrogens with one attached hydrogen (secondary N) is 2. The fraction of sp³-hybridized carbons (Fsp3) is 0.800. The number of nitrogens with zero attached hydrogens (tertiary/aromatic N) is 1. The van der Waals surface area contributed by atoms with E-state index in [-0.39, 0.29) is 36.8 Å². The first-order chi connectivity index (χ1) is 10.6. The van der Waals surface area contributed by atoms with Gasteiger partial charge in [0.1, 0.15) is 12.1 Å². The molecule has 0 bridgehead atoms. The highest BCUT2D eigenvalue weighted by atomic mass is 35.5. The Kier molecular flexibility index (Phi) is 5.52. The third-order valence-electron chi connectivity index (χ3n) is 5.31. The van der Waals surface area contributed by atoms with Gasteiger partial charge in [0.25, 0.3) is 5.91 Å². The third-order valence-corrected chi connectivity index (χ3v) is 5.31. The van der Waals surface area contributed by atoms with Gasteiger partial charge in [-0.05, 0) is 38.1 Å². The molecule has 1 saturated heterocycles. The van der Waals surface area contributed by atoms with Crippen LogP contribution in [0.2, 0.25) is 0 Å². The van der Waals surface area contributed by atoms with E-state index in [1.54, 1.807) is 0 Å². The second-order valence-electron chi connectivity index (χ2n) is 6.71. The molecule has 2 aliphatic carbocycles. The summed E-state index contributed by atoms with van der Waals surface area (Å²) in [7, 11) is 0. The van der Waals surface area contributed by atoms with Gasteiger partial charge in [-0.2, -0.15) is 0 Å². The highest BCUT2D eigenvalue weighted by Gasteiger charge is 2.52. The van der Waals surface area contributed by atoms with Crippen LogP contribution in [-0.4, -0.2) is 47.4 Å². The standard InChI is InChI=1S/C15H24N4O3.ClH/c16-8-10-4-3-5-11(10)17-12(20)9-19-13(21)15(18-14(19)22)6-1-2-7-15;/h10-11H,1-9,16H2,(H,17,20)(H,18,22);1H. The van der Waals surface area contributed by atoms with Crippen LogP contribution in [0.5, 0.6) is 0 Å². The zero-order valence-corrected chi connectivity index (χ0v) is 14.0. The summed E-state index contributed by atoms with van der Waals surface area (Å²) in [6, 6.07) is -0.373. The lowest BCUT2D eigenvalue weighted by atomic mass is 9.98. The number of amides is 4. The number of carbonyl (C=O) groups excluding carboxylic acids is 3. The van der Waals surface area contributed by atoms with Crippen LogP contribution in [-0.2, 0) is 9.59 Å². The molecule has 0 aromatic heterocycles. The van der Waals surface area contributed by atoms with E-state index in [1.807, 2.05) is 0 Å². The average Bonchev–Trinajstić information content (AvgIpc) is 3.17. The number of carbonyl (C=O) groups is 3. The Bertz CT molecular complexity index is 493. The van der Waals surface area contributed by atoms with Crippen molar-refractivity contribution in [1.82, 2.24) is 15.5 Å². The maximum atomic E-state index is 12.5. The molecule has 130 valence electrons. The van der Waals surface area contributed by atoms with Crippen molar-refractivity contribution in [2.24, 2.45) is 11.7 Å². The Morgan fingerprint density at radius 3 is 2.61 bits per heavy atom. The van der Waals surface area contributed by atoms with Gasteiger partial charge in [0.05, 0.1) is 0 Å². The van der Waals surface area contributed by atoms with Crippen molar-refractivity contribution in [2.45, 2.75) is 56.5 Å². The number of halogens is 1. The van der Waals surface area contributed by atoms with Crippen LogP contribution >= 0.6 is 12.4 Å². The SMILES string of the molecule is Cl.NCC1CCCC1NC(=O)CN1C(=O)NC2(CCCC2)C1=O. The van der Waals surface area contributed by atoms with Gasteiger partial charge in [0.15, 0.2) is 0 Å². The van der Waals surface area contributed by atoms with E-state index in [2.05, 4.69) is 10.6 Å². The van der Waals surface area contributed by atoms with Crippen molar-refractivity contribution < 1.29 is 14.4 Å². The molecular weight excluding hydrogens is 320 g/mol. The van der Waals surface area contributed by atoms with E-state index in [9.17, 15) is 14.4 Å². The normalized spacial score (nSPS) is 28.8. The summed E-state index contributed by atoms with van der Waals surface area (Å²) in [4.78, 5) is 37.8. The summed E-state index contributed by atoms with van der Waals surface area (Å²) in [6.45, 7) is 0.359. The van der Waals surface area contributed by atoms with E-state index in [0.717, 1.165) is 37.0 Å². The van der Waals surface area contributed by atoms with E-state index in [1.165, 1.54) is 0 Å². The van der Waals surface area contributed by atoms with E-state index >= 15 is 0 Å². The molecule has 2 atom stereocenters. The van der Waals surface area contributed by atoms with Crippen molar-refractivity contribution in [3.8, 4) is 0 Å². The van der Waals surface area contributed by atoms with Crippen LogP contribution in [0, 0.1) is 5.92 Å². The lowest BCUT2D eigenvalue weighted by molar-refractivity contribution is -0.135. The molecule has 0 aromatic carbocycles. The molecule has 1 heterocycles. The lowest BCUT2D eigenvalue weighted by Gasteiger charge is -2.22. The number of hydrogen-bond acceptors (Lipinski definition) is 4. The topological polar surface area (TPSA) is 105 Å². The molecular formula is C15H25ClN4O3. The molecule has 0 aromatic rings. The molecule has 4 amide bonds. The number of imide groups is 1. The van der Waals surface area contributed by atoms with Gasteiger partial charge in [-0.15, -0.1) is 12.4 Å². The van der Waals surface area contributed by atoms with Gasteiger partial charge in [-0.1, -0.05) is 19.3 Å². The van der Waals surface area contributed by atoms with E-state index in [4.69, 9.17) is 5.73 Å². The predicted molar refractivity (Wildman–Crippen MR) is 87.0 cm³/mol. The highest BCUT2D eigenvalue weighted by molar-refractivity contribution is 6.09. The van der Waals surface area contributed by atoms with Crippen LogP contribution in [0.15, 0.2) is 0 Å². The molecule has 0 radical (unpaired) electrons. The van der Waals surface area contributed by atoms with Gasteiger partial charge in [-0.3, -0.25) is 14.5 Å². The van der Waals surface area contributed by atoms with E-state index in [0.29, 0.717) is 25.3 Å². The summed E-state index contributed by atoms with van der Waals surface area (Å²) in [6.07, 6.45) is 6.21. The van der Waals surface area contributed by atoms with Gasteiger partial charge < -0.3 is 16.4 Å². The zero-order valence-electron chi connectivity index (χ0n) is 13.2.